The molecule has 6 nitrogen and oxygen atoms in total. The van der Waals surface area contributed by atoms with Crippen LogP contribution in [-0.2, 0) is 4.79 Å². The molecule has 2 saturated heterocycles. The molecule has 24 heavy (non-hydrogen) atoms. The summed E-state index contributed by atoms with van der Waals surface area (Å²) in [6.07, 6.45) is 0. The molecule has 7 heteroatoms. The lowest BCUT2D eigenvalue weighted by Gasteiger charge is -2.31. The van der Waals surface area contributed by atoms with Crippen molar-refractivity contribution in [1.82, 2.24) is 15.1 Å². The summed E-state index contributed by atoms with van der Waals surface area (Å²) < 4.78 is 10.7. The zero-order chi connectivity index (χ0) is 16.9. The van der Waals surface area contributed by atoms with Crippen molar-refractivity contribution in [2.24, 2.45) is 0 Å². The van der Waals surface area contributed by atoms with Crippen LogP contribution in [0, 0.1) is 0 Å². The van der Waals surface area contributed by atoms with Crippen LogP contribution in [0.25, 0.3) is 0 Å². The monoisotopic (exact) mass is 351 g/mol. The van der Waals surface area contributed by atoms with Crippen molar-refractivity contribution in [2.75, 3.05) is 59.2 Å². The molecule has 2 heterocycles. The van der Waals surface area contributed by atoms with Crippen LogP contribution in [0.15, 0.2) is 18.2 Å². The number of methoxy groups -OCH3 is 2. The first-order chi connectivity index (χ1) is 11.7. The molecular weight excluding hydrogens is 326 g/mol. The van der Waals surface area contributed by atoms with E-state index >= 15 is 0 Å². The quantitative estimate of drug-likeness (QED) is 0.831. The number of rotatable bonds is 6. The van der Waals surface area contributed by atoms with Crippen molar-refractivity contribution in [2.45, 2.75) is 5.37 Å². The number of amides is 1. The Morgan fingerprint density at radius 3 is 2.62 bits per heavy atom. The Bertz CT molecular complexity index is 578. The maximum absolute atomic E-state index is 12.3. The van der Waals surface area contributed by atoms with Crippen LogP contribution in [0.1, 0.15) is 10.9 Å². The molecule has 2 fully saturated rings. The molecule has 2 aliphatic heterocycles. The molecule has 1 aromatic carbocycles. The maximum atomic E-state index is 12.3. The fraction of sp³-hybridized carbons (Fsp3) is 0.588. The van der Waals surface area contributed by atoms with Crippen LogP contribution in [-0.4, -0.2) is 74.9 Å². The van der Waals surface area contributed by atoms with Gasteiger partial charge in [0.2, 0.25) is 5.91 Å². The van der Waals surface area contributed by atoms with Gasteiger partial charge in [-0.2, -0.15) is 0 Å². The highest BCUT2D eigenvalue weighted by molar-refractivity contribution is 8.00. The van der Waals surface area contributed by atoms with Crippen LogP contribution in [0.3, 0.4) is 0 Å². The molecule has 132 valence electrons. The van der Waals surface area contributed by atoms with Crippen LogP contribution in [0.2, 0.25) is 0 Å². The third-order valence-electron chi connectivity index (χ3n) is 4.53. The van der Waals surface area contributed by atoms with Gasteiger partial charge in [-0.25, -0.2) is 0 Å². The van der Waals surface area contributed by atoms with Crippen molar-refractivity contribution in [3.05, 3.63) is 23.8 Å². The van der Waals surface area contributed by atoms with Gasteiger partial charge in [-0.05, 0) is 17.7 Å². The number of carbonyl (C=O) groups excluding carboxylic acids is 1. The zero-order valence-corrected chi connectivity index (χ0v) is 15.1. The molecule has 0 aromatic heterocycles. The number of hydrogen-bond acceptors (Lipinski definition) is 6. The van der Waals surface area contributed by atoms with Crippen LogP contribution >= 0.6 is 11.8 Å². The van der Waals surface area contributed by atoms with Gasteiger partial charge in [0.1, 0.15) is 5.37 Å². The van der Waals surface area contributed by atoms with Crippen LogP contribution in [0.4, 0.5) is 0 Å². The van der Waals surface area contributed by atoms with Gasteiger partial charge in [-0.15, -0.1) is 11.8 Å². The van der Waals surface area contributed by atoms with Gasteiger partial charge in [0, 0.05) is 39.3 Å². The second-order valence-electron chi connectivity index (χ2n) is 5.96. The van der Waals surface area contributed by atoms with Crippen molar-refractivity contribution in [3.63, 3.8) is 0 Å². The lowest BCUT2D eigenvalue weighted by molar-refractivity contribution is -0.128. The first-order valence-electron chi connectivity index (χ1n) is 8.29. The summed E-state index contributed by atoms with van der Waals surface area (Å²) in [4.78, 5) is 16.7. The Labute approximate surface area is 147 Å². The lowest BCUT2D eigenvalue weighted by atomic mass is 10.1. The minimum absolute atomic E-state index is 0.0558. The van der Waals surface area contributed by atoms with Crippen LogP contribution in [0.5, 0.6) is 11.5 Å². The number of ether oxygens (including phenoxy) is 2. The van der Waals surface area contributed by atoms with E-state index in [-0.39, 0.29) is 11.3 Å². The summed E-state index contributed by atoms with van der Waals surface area (Å²) in [6.45, 7) is 5.86. The number of benzene rings is 1. The fourth-order valence-corrected chi connectivity index (χ4v) is 4.37. The fourth-order valence-electron chi connectivity index (χ4n) is 3.16. The number of carbonyl (C=O) groups is 1. The summed E-state index contributed by atoms with van der Waals surface area (Å²) in [7, 11) is 3.27. The van der Waals surface area contributed by atoms with E-state index in [1.54, 1.807) is 26.0 Å². The Morgan fingerprint density at radius 2 is 1.92 bits per heavy atom. The Balaban J connectivity index is 1.70. The molecule has 2 aliphatic rings. The first-order valence-corrected chi connectivity index (χ1v) is 9.34. The third kappa shape index (κ3) is 3.79. The first kappa shape index (κ1) is 17.4. The molecule has 1 N–H and O–H groups in total. The van der Waals surface area contributed by atoms with Gasteiger partial charge >= 0.3 is 0 Å². The van der Waals surface area contributed by atoms with Gasteiger partial charge in [0.05, 0.1) is 20.0 Å². The molecule has 0 saturated carbocycles. The SMILES string of the molecule is COc1ccc(C2SCC(=O)N2CCN2CCNCC2)cc1OC. The van der Waals surface area contributed by atoms with E-state index in [9.17, 15) is 4.79 Å². The predicted molar refractivity (Wildman–Crippen MR) is 95.8 cm³/mol. The number of nitrogens with zero attached hydrogens (tertiary/aromatic N) is 2. The van der Waals surface area contributed by atoms with Gasteiger partial charge in [0.25, 0.3) is 0 Å². The smallest absolute Gasteiger partial charge is 0.233 e. The molecule has 0 radical (unpaired) electrons. The summed E-state index contributed by atoms with van der Waals surface area (Å²) in [5, 5.41) is 3.41. The maximum Gasteiger partial charge on any atom is 0.233 e. The molecule has 0 aliphatic carbocycles. The Hall–Kier alpha value is -1.44. The van der Waals surface area contributed by atoms with Gasteiger partial charge in [-0.3, -0.25) is 9.69 Å². The summed E-state index contributed by atoms with van der Waals surface area (Å²) >= 11 is 1.68. The average molecular weight is 351 g/mol. The molecule has 1 unspecified atom stereocenters. The number of nitrogens with one attached hydrogen (secondary N) is 1. The Kier molecular flexibility index (Phi) is 5.86. The van der Waals surface area contributed by atoms with E-state index in [0.29, 0.717) is 17.3 Å². The second kappa shape index (κ2) is 8.09. The highest BCUT2D eigenvalue weighted by Gasteiger charge is 2.33. The van der Waals surface area contributed by atoms with Gasteiger partial charge in [0.15, 0.2) is 11.5 Å². The molecular formula is C17H25N3O3S. The largest absolute Gasteiger partial charge is 0.493 e. The predicted octanol–water partition coefficient (Wildman–Crippen LogP) is 1.18. The summed E-state index contributed by atoms with van der Waals surface area (Å²) in [5.41, 5.74) is 1.09. The van der Waals surface area contributed by atoms with Crippen molar-refractivity contribution >= 4 is 17.7 Å². The Morgan fingerprint density at radius 1 is 1.17 bits per heavy atom. The molecule has 1 aromatic rings. The minimum Gasteiger partial charge on any atom is -0.493 e. The van der Waals surface area contributed by atoms with Crippen molar-refractivity contribution < 1.29 is 14.3 Å². The second-order valence-corrected chi connectivity index (χ2v) is 7.03. The number of hydrogen-bond donors (Lipinski definition) is 1. The molecule has 3 rings (SSSR count). The van der Waals surface area contributed by atoms with E-state index < -0.39 is 0 Å². The topological polar surface area (TPSA) is 54.0 Å². The van der Waals surface area contributed by atoms with E-state index in [0.717, 1.165) is 44.8 Å². The van der Waals surface area contributed by atoms with Crippen molar-refractivity contribution in [1.29, 1.82) is 0 Å². The minimum atomic E-state index is 0.0558. The highest BCUT2D eigenvalue weighted by atomic mass is 32.2. The van der Waals surface area contributed by atoms with E-state index in [1.165, 1.54) is 0 Å². The molecule has 1 atom stereocenters. The lowest BCUT2D eigenvalue weighted by Crippen LogP contribution is -2.46. The van der Waals surface area contributed by atoms with E-state index in [1.807, 2.05) is 23.1 Å². The van der Waals surface area contributed by atoms with Gasteiger partial charge < -0.3 is 19.7 Å². The summed E-state index contributed by atoms with van der Waals surface area (Å²) in [6, 6.07) is 5.91. The van der Waals surface area contributed by atoms with Crippen molar-refractivity contribution in [3.8, 4) is 11.5 Å². The van der Waals surface area contributed by atoms with E-state index in [2.05, 4.69) is 10.2 Å². The van der Waals surface area contributed by atoms with Gasteiger partial charge in [-0.1, -0.05) is 6.07 Å². The average Bonchev–Trinajstić information content (AvgIpc) is 3.00. The summed E-state index contributed by atoms with van der Waals surface area (Å²) in [5.74, 6) is 2.18. The third-order valence-corrected chi connectivity index (χ3v) is 5.78. The molecule has 1 amide bonds. The molecule has 0 bridgehead atoms. The standard InChI is InChI=1S/C17H25N3O3S/c1-22-14-4-3-13(11-15(14)23-2)17-20(16(21)12-24-17)10-9-19-7-5-18-6-8-19/h3-4,11,17-18H,5-10,12H2,1-2H3. The van der Waals surface area contributed by atoms with Crippen LogP contribution < -0.4 is 14.8 Å². The number of piperazine rings is 1. The number of thioether (sulfide) groups is 1. The van der Waals surface area contributed by atoms with E-state index in [4.69, 9.17) is 9.47 Å². The molecule has 0 spiro atoms. The normalized spacial score (nSPS) is 22.0. The highest BCUT2D eigenvalue weighted by Crippen LogP contribution is 2.41. The zero-order valence-electron chi connectivity index (χ0n) is 14.3.